The van der Waals surface area contributed by atoms with Gasteiger partial charge in [-0.3, -0.25) is 0 Å². The molecule has 0 radical (unpaired) electrons. The van der Waals surface area contributed by atoms with Crippen molar-refractivity contribution in [1.29, 1.82) is 0 Å². The van der Waals surface area contributed by atoms with Crippen molar-refractivity contribution < 1.29 is 28.2 Å². The standard InChI is InChI=1S/C37H47FO5/c1-4-6-8-10-11-12-14-26-41-32-21-16-29(17-22-32)34-25-20-31(27-35(34)38)37(40)43-33-23-18-30(19-24-33)36(39)42-28(3)15-13-9-7-5-2/h16-25,27-28H,4-15,26H2,1-3H3. The number of hydrogen-bond acceptors (Lipinski definition) is 5. The van der Waals surface area contributed by atoms with Crippen LogP contribution in [0.2, 0.25) is 0 Å². The Hall–Kier alpha value is -3.67. The smallest absolute Gasteiger partial charge is 0.343 e. The second-order valence-electron chi connectivity index (χ2n) is 11.2. The zero-order valence-electron chi connectivity index (χ0n) is 26.0. The van der Waals surface area contributed by atoms with Crippen molar-refractivity contribution >= 4 is 11.9 Å². The van der Waals surface area contributed by atoms with Crippen LogP contribution in [0.1, 0.15) is 119 Å². The summed E-state index contributed by atoms with van der Waals surface area (Å²) < 4.78 is 31.8. The molecule has 3 aromatic rings. The highest BCUT2D eigenvalue weighted by atomic mass is 19.1. The predicted octanol–water partition coefficient (Wildman–Crippen LogP) is 10.4. The molecule has 6 heteroatoms. The molecule has 0 heterocycles. The highest BCUT2D eigenvalue weighted by molar-refractivity contribution is 5.92. The van der Waals surface area contributed by atoms with Crippen molar-refractivity contribution in [3.63, 3.8) is 0 Å². The first-order valence-electron chi connectivity index (χ1n) is 16.0. The Morgan fingerprint density at radius 1 is 0.674 bits per heavy atom. The van der Waals surface area contributed by atoms with Gasteiger partial charge >= 0.3 is 11.9 Å². The van der Waals surface area contributed by atoms with Gasteiger partial charge in [0.15, 0.2) is 0 Å². The van der Waals surface area contributed by atoms with E-state index in [1.807, 2.05) is 31.2 Å². The molecule has 0 saturated heterocycles. The van der Waals surface area contributed by atoms with Gasteiger partial charge in [0, 0.05) is 5.56 Å². The van der Waals surface area contributed by atoms with Gasteiger partial charge in [-0.1, -0.05) is 89.8 Å². The van der Waals surface area contributed by atoms with E-state index in [0.29, 0.717) is 23.3 Å². The fourth-order valence-electron chi connectivity index (χ4n) is 4.85. The van der Waals surface area contributed by atoms with Crippen molar-refractivity contribution in [2.45, 2.75) is 104 Å². The Kier molecular flexibility index (Phi) is 14.8. The second kappa shape index (κ2) is 18.8. The van der Waals surface area contributed by atoms with Crippen LogP contribution in [0.15, 0.2) is 66.7 Å². The lowest BCUT2D eigenvalue weighted by Crippen LogP contribution is -2.15. The monoisotopic (exact) mass is 590 g/mol. The van der Waals surface area contributed by atoms with E-state index in [0.717, 1.165) is 37.9 Å². The summed E-state index contributed by atoms with van der Waals surface area (Å²) in [5.41, 5.74) is 1.55. The minimum absolute atomic E-state index is 0.0938. The molecular weight excluding hydrogens is 543 g/mol. The molecule has 0 fully saturated rings. The van der Waals surface area contributed by atoms with Crippen molar-refractivity contribution in [3.8, 4) is 22.6 Å². The number of benzene rings is 3. The van der Waals surface area contributed by atoms with Crippen LogP contribution in [0.5, 0.6) is 11.5 Å². The number of hydrogen-bond donors (Lipinski definition) is 0. The van der Waals surface area contributed by atoms with Gasteiger partial charge in [-0.25, -0.2) is 14.0 Å². The summed E-state index contributed by atoms with van der Waals surface area (Å²) in [6.45, 7) is 6.95. The first kappa shape index (κ1) is 33.8. The fraction of sp³-hybridized carbons (Fsp3) is 0.459. The zero-order valence-corrected chi connectivity index (χ0v) is 26.0. The van der Waals surface area contributed by atoms with Gasteiger partial charge in [0.2, 0.25) is 0 Å². The van der Waals surface area contributed by atoms with Crippen molar-refractivity contribution in [2.75, 3.05) is 6.61 Å². The van der Waals surface area contributed by atoms with Gasteiger partial charge in [-0.05, 0) is 80.3 Å². The van der Waals surface area contributed by atoms with Crippen LogP contribution in [-0.2, 0) is 4.74 Å². The number of ether oxygens (including phenoxy) is 3. The van der Waals surface area contributed by atoms with E-state index in [-0.39, 0.29) is 17.4 Å². The molecule has 0 aliphatic carbocycles. The topological polar surface area (TPSA) is 61.8 Å². The second-order valence-corrected chi connectivity index (χ2v) is 11.2. The van der Waals surface area contributed by atoms with Crippen LogP contribution in [0.25, 0.3) is 11.1 Å². The van der Waals surface area contributed by atoms with Crippen LogP contribution in [0.3, 0.4) is 0 Å². The molecule has 43 heavy (non-hydrogen) atoms. The number of carbonyl (C=O) groups excluding carboxylic acids is 2. The quantitative estimate of drug-likeness (QED) is 0.0789. The first-order chi connectivity index (χ1) is 20.9. The van der Waals surface area contributed by atoms with E-state index < -0.39 is 17.8 Å². The van der Waals surface area contributed by atoms with E-state index in [2.05, 4.69) is 13.8 Å². The Morgan fingerprint density at radius 2 is 1.26 bits per heavy atom. The van der Waals surface area contributed by atoms with Crippen LogP contribution in [0.4, 0.5) is 4.39 Å². The lowest BCUT2D eigenvalue weighted by Gasteiger charge is -2.13. The highest BCUT2D eigenvalue weighted by Gasteiger charge is 2.15. The lowest BCUT2D eigenvalue weighted by atomic mass is 10.0. The maximum Gasteiger partial charge on any atom is 0.343 e. The number of esters is 2. The Bertz CT molecular complexity index is 1250. The summed E-state index contributed by atoms with van der Waals surface area (Å²) >= 11 is 0. The van der Waals surface area contributed by atoms with Crippen LogP contribution in [0, 0.1) is 5.82 Å². The molecule has 0 amide bonds. The molecule has 1 atom stereocenters. The van der Waals surface area contributed by atoms with Gasteiger partial charge in [0.1, 0.15) is 17.3 Å². The van der Waals surface area contributed by atoms with Gasteiger partial charge < -0.3 is 14.2 Å². The first-order valence-corrected chi connectivity index (χ1v) is 16.0. The predicted molar refractivity (Wildman–Crippen MR) is 170 cm³/mol. The minimum atomic E-state index is -0.685. The number of rotatable bonds is 19. The Labute approximate surface area is 256 Å². The summed E-state index contributed by atoms with van der Waals surface area (Å²) in [6, 6.07) is 17.8. The largest absolute Gasteiger partial charge is 0.494 e. The third-order valence-corrected chi connectivity index (χ3v) is 7.46. The maximum absolute atomic E-state index is 15.0. The molecule has 3 aromatic carbocycles. The van der Waals surface area contributed by atoms with Gasteiger partial charge in [0.05, 0.1) is 23.8 Å². The van der Waals surface area contributed by atoms with E-state index in [1.165, 1.54) is 63.1 Å². The molecule has 1 unspecified atom stereocenters. The number of halogens is 1. The van der Waals surface area contributed by atoms with Crippen molar-refractivity contribution in [1.82, 2.24) is 0 Å². The maximum atomic E-state index is 15.0. The van der Waals surface area contributed by atoms with Crippen LogP contribution < -0.4 is 9.47 Å². The molecule has 0 aromatic heterocycles. The molecule has 0 bridgehead atoms. The van der Waals surface area contributed by atoms with Gasteiger partial charge in [0.25, 0.3) is 0 Å². The molecule has 0 saturated carbocycles. The van der Waals surface area contributed by atoms with E-state index in [4.69, 9.17) is 14.2 Å². The highest BCUT2D eigenvalue weighted by Crippen LogP contribution is 2.27. The van der Waals surface area contributed by atoms with Gasteiger partial charge in [-0.15, -0.1) is 0 Å². The Morgan fingerprint density at radius 3 is 1.91 bits per heavy atom. The van der Waals surface area contributed by atoms with E-state index >= 15 is 4.39 Å². The number of carbonyl (C=O) groups is 2. The molecule has 0 aliphatic rings. The normalized spacial score (nSPS) is 11.6. The molecule has 0 N–H and O–H groups in total. The summed E-state index contributed by atoms with van der Waals surface area (Å²) in [4.78, 5) is 25.1. The summed E-state index contributed by atoms with van der Waals surface area (Å²) in [6.07, 6.45) is 13.8. The average Bonchev–Trinajstić information content (AvgIpc) is 3.01. The van der Waals surface area contributed by atoms with E-state index in [9.17, 15) is 9.59 Å². The van der Waals surface area contributed by atoms with Crippen LogP contribution >= 0.6 is 0 Å². The van der Waals surface area contributed by atoms with Crippen molar-refractivity contribution in [2.24, 2.45) is 0 Å². The van der Waals surface area contributed by atoms with Gasteiger partial charge in [-0.2, -0.15) is 0 Å². The molecular formula is C37H47FO5. The lowest BCUT2D eigenvalue weighted by molar-refractivity contribution is 0.0319. The third kappa shape index (κ3) is 11.9. The molecule has 0 aliphatic heterocycles. The average molecular weight is 591 g/mol. The van der Waals surface area contributed by atoms with Crippen LogP contribution in [-0.4, -0.2) is 24.6 Å². The van der Waals surface area contributed by atoms with E-state index in [1.54, 1.807) is 24.3 Å². The molecule has 0 spiro atoms. The summed E-state index contributed by atoms with van der Waals surface area (Å²) in [5, 5.41) is 0. The number of unbranched alkanes of at least 4 members (excludes halogenated alkanes) is 9. The fourth-order valence-corrected chi connectivity index (χ4v) is 4.85. The summed E-state index contributed by atoms with van der Waals surface area (Å²) in [7, 11) is 0. The molecule has 5 nitrogen and oxygen atoms in total. The Balaban J connectivity index is 1.47. The van der Waals surface area contributed by atoms with Crippen molar-refractivity contribution in [3.05, 3.63) is 83.7 Å². The zero-order chi connectivity index (χ0) is 30.9. The minimum Gasteiger partial charge on any atom is -0.494 e. The molecule has 232 valence electrons. The third-order valence-electron chi connectivity index (χ3n) is 7.46. The molecule has 3 rings (SSSR count). The SMILES string of the molecule is CCCCCCCCCOc1ccc(-c2ccc(C(=O)Oc3ccc(C(=O)OC(C)CCCCCC)cc3)cc2F)cc1. The summed E-state index contributed by atoms with van der Waals surface area (Å²) in [5.74, 6) is -0.604.